The molecule has 5 nitrogen and oxygen atoms in total. The van der Waals surface area contributed by atoms with Crippen LogP contribution in [0.4, 0.5) is 13.2 Å². The Morgan fingerprint density at radius 1 is 1.44 bits per heavy atom. The first-order valence-electron chi connectivity index (χ1n) is 5.31. The van der Waals surface area contributed by atoms with Crippen molar-refractivity contribution in [2.24, 2.45) is 7.05 Å². The Kier molecular flexibility index (Phi) is 4.88. The first kappa shape index (κ1) is 15.1. The molecule has 9 heteroatoms. The highest BCUT2D eigenvalue weighted by Crippen LogP contribution is 2.16. The molecular weight excluding hydrogens is 269 g/mol. The zero-order valence-electron chi connectivity index (χ0n) is 10.1. The van der Waals surface area contributed by atoms with E-state index in [-0.39, 0.29) is 24.6 Å². The van der Waals surface area contributed by atoms with E-state index in [1.54, 1.807) is 14.0 Å². The second kappa shape index (κ2) is 5.81. The van der Waals surface area contributed by atoms with Gasteiger partial charge in [0.2, 0.25) is 0 Å². The summed E-state index contributed by atoms with van der Waals surface area (Å²) in [5.41, 5.74) is 0. The maximum absolute atomic E-state index is 12.3. The molecule has 0 atom stereocenters. The summed E-state index contributed by atoms with van der Waals surface area (Å²) in [6, 6.07) is 0. The predicted octanol–water partition coefficient (Wildman–Crippen LogP) is 1.29. The molecule has 0 saturated carbocycles. The zero-order valence-corrected chi connectivity index (χ0v) is 10.9. The van der Waals surface area contributed by atoms with E-state index in [0.29, 0.717) is 5.82 Å². The summed E-state index contributed by atoms with van der Waals surface area (Å²) >= 11 is 5.03. The van der Waals surface area contributed by atoms with Gasteiger partial charge < -0.3 is 9.67 Å². The van der Waals surface area contributed by atoms with Gasteiger partial charge in [0.15, 0.2) is 10.6 Å². The summed E-state index contributed by atoms with van der Waals surface area (Å²) in [6.07, 6.45) is -4.26. The molecule has 18 heavy (non-hydrogen) atoms. The number of hydrogen-bond acceptors (Lipinski definition) is 4. The van der Waals surface area contributed by atoms with Crippen LogP contribution in [0.1, 0.15) is 12.7 Å². The summed E-state index contributed by atoms with van der Waals surface area (Å²) in [6.45, 7) is 0.481. The van der Waals surface area contributed by atoms with Crippen LogP contribution in [0.25, 0.3) is 0 Å². The van der Waals surface area contributed by atoms with Gasteiger partial charge in [-0.25, -0.2) is 4.68 Å². The van der Waals surface area contributed by atoms with Gasteiger partial charge in [-0.05, 0) is 18.8 Å². The van der Waals surface area contributed by atoms with Crippen LogP contribution in [-0.2, 0) is 20.3 Å². The number of alkyl halides is 3. The lowest BCUT2D eigenvalue weighted by Gasteiger charge is -2.21. The lowest BCUT2D eigenvalue weighted by atomic mass is 10.5. The van der Waals surface area contributed by atoms with Gasteiger partial charge in [0.05, 0.1) is 13.2 Å². The quantitative estimate of drug-likeness (QED) is 0.828. The van der Waals surface area contributed by atoms with E-state index >= 15 is 0 Å². The molecule has 0 aliphatic carbocycles. The Balaban J connectivity index is 2.86. The third-order valence-electron chi connectivity index (χ3n) is 2.46. The molecule has 0 unspecified atom stereocenters. The first-order chi connectivity index (χ1) is 8.28. The maximum atomic E-state index is 12.3. The fraction of sp³-hybridized carbons (Fsp3) is 0.778. The summed E-state index contributed by atoms with van der Waals surface area (Å²) in [7, 11) is 1.61. The maximum Gasteiger partial charge on any atom is 0.401 e. The molecule has 0 amide bonds. The summed E-state index contributed by atoms with van der Waals surface area (Å²) in [5.74, 6) is 0.322. The number of aliphatic hydroxyl groups excluding tert-OH is 1. The van der Waals surface area contributed by atoms with Gasteiger partial charge in [0, 0.05) is 7.05 Å². The van der Waals surface area contributed by atoms with Crippen molar-refractivity contribution in [3.8, 4) is 0 Å². The van der Waals surface area contributed by atoms with Gasteiger partial charge in [-0.1, -0.05) is 6.92 Å². The topological polar surface area (TPSA) is 46.2 Å². The van der Waals surface area contributed by atoms with Crippen molar-refractivity contribution in [1.82, 2.24) is 19.2 Å². The van der Waals surface area contributed by atoms with E-state index in [4.69, 9.17) is 17.3 Å². The lowest BCUT2D eigenvalue weighted by Crippen LogP contribution is -2.35. The molecule has 104 valence electrons. The molecule has 0 saturated heterocycles. The Hall–Kier alpha value is -0.930. The van der Waals surface area contributed by atoms with E-state index in [9.17, 15) is 13.2 Å². The van der Waals surface area contributed by atoms with Crippen LogP contribution in [0.15, 0.2) is 0 Å². The molecular formula is C9H15F3N4OS. The van der Waals surface area contributed by atoms with Gasteiger partial charge in [0.25, 0.3) is 0 Å². The highest BCUT2D eigenvalue weighted by molar-refractivity contribution is 7.71. The van der Waals surface area contributed by atoms with Crippen molar-refractivity contribution in [3.05, 3.63) is 10.6 Å². The highest BCUT2D eigenvalue weighted by atomic mass is 32.1. The van der Waals surface area contributed by atoms with Crippen LogP contribution in [0.5, 0.6) is 0 Å². The van der Waals surface area contributed by atoms with Crippen LogP contribution in [0.2, 0.25) is 0 Å². The van der Waals surface area contributed by atoms with Crippen LogP contribution in [0, 0.1) is 4.77 Å². The number of rotatable bonds is 5. The molecule has 0 radical (unpaired) electrons. The smallest absolute Gasteiger partial charge is 0.388 e. The number of nitrogens with zero attached hydrogens (tertiary/aromatic N) is 4. The molecule has 1 aromatic rings. The van der Waals surface area contributed by atoms with Crippen LogP contribution in [-0.4, -0.2) is 43.6 Å². The molecule has 0 aliphatic heterocycles. The van der Waals surface area contributed by atoms with E-state index in [2.05, 4.69) is 5.10 Å². The first-order valence-corrected chi connectivity index (χ1v) is 5.72. The largest absolute Gasteiger partial charge is 0.401 e. The average Bonchev–Trinajstić information content (AvgIpc) is 2.54. The van der Waals surface area contributed by atoms with Crippen molar-refractivity contribution in [2.75, 3.05) is 13.1 Å². The Bertz CT molecular complexity index is 454. The molecule has 0 aromatic carbocycles. The van der Waals surface area contributed by atoms with Crippen molar-refractivity contribution < 1.29 is 18.3 Å². The van der Waals surface area contributed by atoms with Crippen molar-refractivity contribution >= 4 is 12.2 Å². The monoisotopic (exact) mass is 284 g/mol. The van der Waals surface area contributed by atoms with Crippen molar-refractivity contribution in [3.63, 3.8) is 0 Å². The minimum absolute atomic E-state index is 0.0529. The lowest BCUT2D eigenvalue weighted by molar-refractivity contribution is -0.149. The van der Waals surface area contributed by atoms with Crippen LogP contribution in [0.3, 0.4) is 0 Å². The summed E-state index contributed by atoms with van der Waals surface area (Å²) in [4.78, 5) is 1.17. The van der Waals surface area contributed by atoms with E-state index in [1.807, 2.05) is 0 Å². The molecule has 1 aromatic heterocycles. The average molecular weight is 284 g/mol. The number of aliphatic hydroxyl groups is 1. The number of aromatic nitrogens is 3. The van der Waals surface area contributed by atoms with Crippen molar-refractivity contribution in [1.29, 1.82) is 0 Å². The number of hydrogen-bond donors (Lipinski definition) is 1. The number of halogens is 3. The normalized spacial score (nSPS) is 12.4. The molecule has 0 aliphatic rings. The van der Waals surface area contributed by atoms with Crippen molar-refractivity contribution in [2.45, 2.75) is 26.4 Å². The Morgan fingerprint density at radius 3 is 2.44 bits per heavy atom. The summed E-state index contributed by atoms with van der Waals surface area (Å²) < 4.78 is 39.9. The summed E-state index contributed by atoms with van der Waals surface area (Å²) in [5, 5.41) is 13.0. The van der Waals surface area contributed by atoms with Gasteiger partial charge in [-0.3, -0.25) is 4.90 Å². The SMILES string of the molecule is CCN(Cn1nc(CO)n(C)c1=S)CC(F)(F)F. The second-order valence-corrected chi connectivity index (χ2v) is 4.18. The second-order valence-electron chi connectivity index (χ2n) is 3.82. The van der Waals surface area contributed by atoms with E-state index in [1.165, 1.54) is 14.1 Å². The van der Waals surface area contributed by atoms with Crippen LogP contribution < -0.4 is 0 Å². The molecule has 1 rings (SSSR count). The third-order valence-corrected chi connectivity index (χ3v) is 2.94. The molecule has 0 bridgehead atoms. The minimum Gasteiger partial charge on any atom is -0.388 e. The molecule has 1 heterocycles. The van der Waals surface area contributed by atoms with E-state index in [0.717, 1.165) is 0 Å². The van der Waals surface area contributed by atoms with Gasteiger partial charge in [-0.2, -0.15) is 18.3 Å². The zero-order chi connectivity index (χ0) is 13.9. The molecule has 0 spiro atoms. The fourth-order valence-electron chi connectivity index (χ4n) is 1.47. The Labute approximate surface area is 107 Å². The van der Waals surface area contributed by atoms with Crippen LogP contribution >= 0.6 is 12.2 Å². The predicted molar refractivity (Wildman–Crippen MR) is 61.3 cm³/mol. The van der Waals surface area contributed by atoms with Gasteiger partial charge in [-0.15, -0.1) is 0 Å². The minimum atomic E-state index is -4.26. The Morgan fingerprint density at radius 2 is 2.06 bits per heavy atom. The third kappa shape index (κ3) is 3.79. The molecule has 0 fully saturated rings. The molecule has 1 N–H and O–H groups in total. The standard InChI is InChI=1S/C9H15F3N4OS/c1-3-15(5-9(10,11)12)6-16-8(18)14(2)7(4-17)13-16/h17H,3-6H2,1-2H3. The van der Waals surface area contributed by atoms with Gasteiger partial charge >= 0.3 is 6.18 Å². The fourth-order valence-corrected chi connectivity index (χ4v) is 1.67. The highest BCUT2D eigenvalue weighted by Gasteiger charge is 2.30. The van der Waals surface area contributed by atoms with E-state index < -0.39 is 12.7 Å². The van der Waals surface area contributed by atoms with Gasteiger partial charge in [0.1, 0.15) is 6.61 Å².